The van der Waals surface area contributed by atoms with Gasteiger partial charge < -0.3 is 20.1 Å². The molecule has 0 aromatic heterocycles. The average molecular weight is 355 g/mol. The lowest BCUT2D eigenvalue weighted by Crippen LogP contribution is -2.22. The Morgan fingerprint density at radius 2 is 1.78 bits per heavy atom. The third-order valence-corrected chi connectivity index (χ3v) is 3.71. The van der Waals surface area contributed by atoms with Crippen molar-refractivity contribution in [1.29, 1.82) is 0 Å². The number of para-hydroxylation sites is 1. The zero-order valence-electron chi connectivity index (χ0n) is 12.7. The first-order valence-electron chi connectivity index (χ1n) is 6.75. The van der Waals surface area contributed by atoms with Crippen LogP contribution < -0.4 is 20.1 Å². The van der Waals surface area contributed by atoms with E-state index >= 15 is 0 Å². The van der Waals surface area contributed by atoms with E-state index in [0.717, 1.165) is 0 Å². The second kappa shape index (κ2) is 7.94. The molecule has 0 unspecified atom stereocenters. The standard InChI is InChI=1S/C16H16Cl2N2O3/c1-22-10-6-7-13(14(8-10)23-2)19-9-15(21)20-16-11(17)4-3-5-12(16)18/h3-8,19H,9H2,1-2H3,(H,20,21). The van der Waals surface area contributed by atoms with E-state index in [9.17, 15) is 4.79 Å². The summed E-state index contributed by atoms with van der Waals surface area (Å²) in [6.07, 6.45) is 0. The predicted molar refractivity (Wildman–Crippen MR) is 93.1 cm³/mol. The van der Waals surface area contributed by atoms with E-state index in [1.165, 1.54) is 0 Å². The minimum atomic E-state index is -0.280. The lowest BCUT2D eigenvalue weighted by atomic mass is 10.2. The molecule has 1 amide bonds. The molecule has 7 heteroatoms. The highest BCUT2D eigenvalue weighted by molar-refractivity contribution is 6.39. The molecule has 2 rings (SSSR count). The van der Waals surface area contributed by atoms with E-state index in [-0.39, 0.29) is 12.5 Å². The third kappa shape index (κ3) is 4.43. The van der Waals surface area contributed by atoms with Crippen LogP contribution in [0.15, 0.2) is 36.4 Å². The van der Waals surface area contributed by atoms with Crippen LogP contribution >= 0.6 is 23.2 Å². The van der Waals surface area contributed by atoms with Gasteiger partial charge in [-0.05, 0) is 24.3 Å². The van der Waals surface area contributed by atoms with Gasteiger partial charge in [-0.25, -0.2) is 0 Å². The molecule has 0 saturated carbocycles. The molecule has 23 heavy (non-hydrogen) atoms. The van der Waals surface area contributed by atoms with E-state index < -0.39 is 0 Å². The van der Waals surface area contributed by atoms with Crippen LogP contribution in [0.1, 0.15) is 0 Å². The number of ether oxygens (including phenoxy) is 2. The molecular formula is C16H16Cl2N2O3. The van der Waals surface area contributed by atoms with Crippen molar-refractivity contribution in [2.45, 2.75) is 0 Å². The highest BCUT2D eigenvalue weighted by atomic mass is 35.5. The molecule has 0 heterocycles. The first-order valence-corrected chi connectivity index (χ1v) is 7.50. The third-order valence-electron chi connectivity index (χ3n) is 3.08. The molecule has 122 valence electrons. The van der Waals surface area contributed by atoms with Crippen molar-refractivity contribution in [3.8, 4) is 11.5 Å². The molecule has 0 fully saturated rings. The van der Waals surface area contributed by atoms with Crippen molar-refractivity contribution in [1.82, 2.24) is 0 Å². The van der Waals surface area contributed by atoms with E-state index in [1.54, 1.807) is 50.6 Å². The molecular weight excluding hydrogens is 339 g/mol. The topological polar surface area (TPSA) is 59.6 Å². The molecule has 2 aromatic carbocycles. The van der Waals surface area contributed by atoms with Crippen molar-refractivity contribution in [3.05, 3.63) is 46.4 Å². The van der Waals surface area contributed by atoms with Crippen molar-refractivity contribution < 1.29 is 14.3 Å². The van der Waals surface area contributed by atoms with Gasteiger partial charge in [0.1, 0.15) is 11.5 Å². The Morgan fingerprint density at radius 1 is 1.09 bits per heavy atom. The first kappa shape index (κ1) is 17.2. The summed E-state index contributed by atoms with van der Waals surface area (Å²) < 4.78 is 10.4. The minimum absolute atomic E-state index is 0.0320. The average Bonchev–Trinajstić information content (AvgIpc) is 2.56. The molecule has 0 saturated heterocycles. The smallest absolute Gasteiger partial charge is 0.243 e. The van der Waals surface area contributed by atoms with Crippen LogP contribution in [0.2, 0.25) is 10.0 Å². The Bertz CT molecular complexity index is 687. The maximum atomic E-state index is 12.1. The number of amides is 1. The summed E-state index contributed by atoms with van der Waals surface area (Å²) in [4.78, 5) is 12.1. The Balaban J connectivity index is 2.02. The second-order valence-electron chi connectivity index (χ2n) is 4.56. The zero-order chi connectivity index (χ0) is 16.8. The predicted octanol–water partition coefficient (Wildman–Crippen LogP) is 4.06. The number of methoxy groups -OCH3 is 2. The number of hydrogen-bond acceptors (Lipinski definition) is 4. The fourth-order valence-corrected chi connectivity index (χ4v) is 2.41. The number of nitrogens with one attached hydrogen (secondary N) is 2. The number of anilines is 2. The maximum Gasteiger partial charge on any atom is 0.243 e. The van der Waals surface area contributed by atoms with Gasteiger partial charge in [-0.3, -0.25) is 4.79 Å². The van der Waals surface area contributed by atoms with Crippen LogP contribution in [0, 0.1) is 0 Å². The zero-order valence-corrected chi connectivity index (χ0v) is 14.2. The van der Waals surface area contributed by atoms with E-state index in [2.05, 4.69) is 10.6 Å². The number of rotatable bonds is 6. The molecule has 0 aliphatic rings. The van der Waals surface area contributed by atoms with Gasteiger partial charge in [0.15, 0.2) is 0 Å². The first-order chi connectivity index (χ1) is 11.0. The minimum Gasteiger partial charge on any atom is -0.497 e. The van der Waals surface area contributed by atoms with Gasteiger partial charge in [0.25, 0.3) is 0 Å². The maximum absolute atomic E-state index is 12.1. The Labute approximate surface area is 144 Å². The highest BCUT2D eigenvalue weighted by Gasteiger charge is 2.11. The fraction of sp³-hybridized carbons (Fsp3) is 0.188. The van der Waals surface area contributed by atoms with Gasteiger partial charge in [-0.1, -0.05) is 29.3 Å². The van der Waals surface area contributed by atoms with Gasteiger partial charge in [-0.2, -0.15) is 0 Å². The summed E-state index contributed by atoms with van der Waals surface area (Å²) in [5, 5.41) is 6.44. The molecule has 0 bridgehead atoms. The van der Waals surface area contributed by atoms with Crippen LogP contribution in [0.3, 0.4) is 0 Å². The summed E-state index contributed by atoms with van der Waals surface area (Å²) in [7, 11) is 3.12. The molecule has 2 aromatic rings. The Hall–Kier alpha value is -2.11. The van der Waals surface area contributed by atoms with E-state index in [4.69, 9.17) is 32.7 Å². The largest absolute Gasteiger partial charge is 0.497 e. The number of benzene rings is 2. The van der Waals surface area contributed by atoms with Crippen molar-refractivity contribution >= 4 is 40.5 Å². The van der Waals surface area contributed by atoms with Crippen LogP contribution in [-0.4, -0.2) is 26.7 Å². The molecule has 2 N–H and O–H groups in total. The summed E-state index contributed by atoms with van der Waals surface area (Å²) in [5.74, 6) is 0.963. The van der Waals surface area contributed by atoms with E-state index in [0.29, 0.717) is 32.9 Å². The van der Waals surface area contributed by atoms with Crippen molar-refractivity contribution in [2.24, 2.45) is 0 Å². The normalized spacial score (nSPS) is 10.1. The van der Waals surface area contributed by atoms with E-state index in [1.807, 2.05) is 0 Å². The fourth-order valence-electron chi connectivity index (χ4n) is 1.92. The number of hydrogen-bond donors (Lipinski definition) is 2. The second-order valence-corrected chi connectivity index (χ2v) is 5.38. The van der Waals surface area contributed by atoms with Gasteiger partial charge in [-0.15, -0.1) is 0 Å². The number of halogens is 2. The summed E-state index contributed by atoms with van der Waals surface area (Å²) in [5.41, 5.74) is 1.07. The molecule has 0 aliphatic carbocycles. The van der Waals surface area contributed by atoms with Gasteiger partial charge in [0.05, 0.1) is 42.2 Å². The van der Waals surface area contributed by atoms with Crippen LogP contribution in [0.25, 0.3) is 0 Å². The SMILES string of the molecule is COc1ccc(NCC(=O)Nc2c(Cl)cccc2Cl)c(OC)c1. The Morgan fingerprint density at radius 3 is 2.39 bits per heavy atom. The molecule has 0 aliphatic heterocycles. The summed E-state index contributed by atoms with van der Waals surface area (Å²) >= 11 is 12.0. The lowest BCUT2D eigenvalue weighted by molar-refractivity contribution is -0.114. The highest BCUT2D eigenvalue weighted by Crippen LogP contribution is 2.30. The van der Waals surface area contributed by atoms with Crippen molar-refractivity contribution in [2.75, 3.05) is 31.4 Å². The van der Waals surface area contributed by atoms with Crippen molar-refractivity contribution in [3.63, 3.8) is 0 Å². The summed E-state index contributed by atoms with van der Waals surface area (Å²) in [6, 6.07) is 10.3. The lowest BCUT2D eigenvalue weighted by Gasteiger charge is -2.13. The quantitative estimate of drug-likeness (QED) is 0.820. The monoisotopic (exact) mass is 354 g/mol. The van der Waals surface area contributed by atoms with Crippen LogP contribution in [0.5, 0.6) is 11.5 Å². The van der Waals surface area contributed by atoms with Crippen LogP contribution in [0.4, 0.5) is 11.4 Å². The molecule has 0 atom stereocenters. The molecule has 0 spiro atoms. The summed E-state index contributed by atoms with van der Waals surface area (Å²) in [6.45, 7) is 0.0320. The Kier molecular flexibility index (Phi) is 5.96. The number of carbonyl (C=O) groups is 1. The van der Waals surface area contributed by atoms with Crippen LogP contribution in [-0.2, 0) is 4.79 Å². The van der Waals surface area contributed by atoms with Gasteiger partial charge in [0.2, 0.25) is 5.91 Å². The molecule has 5 nitrogen and oxygen atoms in total. The van der Waals surface area contributed by atoms with Gasteiger partial charge >= 0.3 is 0 Å². The number of carbonyl (C=O) groups excluding carboxylic acids is 1. The molecule has 0 radical (unpaired) electrons. The van der Waals surface area contributed by atoms with Gasteiger partial charge in [0, 0.05) is 6.07 Å².